The molecule has 1 aromatic heterocycles. The van der Waals surface area contributed by atoms with Crippen LogP contribution in [0.25, 0.3) is 0 Å². The minimum absolute atomic E-state index is 0.178. The number of nitrogens with zero attached hydrogens (tertiary/aromatic N) is 2. The molecular formula is C11H18ClN3OS. The summed E-state index contributed by atoms with van der Waals surface area (Å²) in [7, 11) is 0. The molecule has 0 aliphatic heterocycles. The van der Waals surface area contributed by atoms with Crippen molar-refractivity contribution in [2.45, 2.75) is 45.4 Å². The summed E-state index contributed by atoms with van der Waals surface area (Å²) in [5.74, 6) is -0.178. The first-order valence-electron chi connectivity index (χ1n) is 6.01. The molecule has 0 aliphatic carbocycles. The summed E-state index contributed by atoms with van der Waals surface area (Å²) in [6.07, 6.45) is 7.27. The van der Waals surface area contributed by atoms with Gasteiger partial charge in [0.1, 0.15) is 0 Å². The third kappa shape index (κ3) is 5.98. The summed E-state index contributed by atoms with van der Waals surface area (Å²) in [4.78, 5) is 11.5. The Labute approximate surface area is 111 Å². The van der Waals surface area contributed by atoms with Gasteiger partial charge < -0.3 is 5.32 Å². The van der Waals surface area contributed by atoms with Gasteiger partial charge in [-0.1, -0.05) is 50.4 Å². The summed E-state index contributed by atoms with van der Waals surface area (Å²) in [6, 6.07) is 0. The van der Waals surface area contributed by atoms with Crippen LogP contribution in [0.2, 0.25) is 4.47 Å². The Balaban J connectivity index is 2.05. The minimum atomic E-state index is -0.178. The standard InChI is InChI=1S/C11H18ClN3OS/c1-2-3-4-5-6-7-8-13-9(16)10-14-15-11(12)17-10/h2-8H2,1H3,(H,13,16). The van der Waals surface area contributed by atoms with Crippen molar-refractivity contribution in [3.05, 3.63) is 9.47 Å². The molecule has 1 heterocycles. The Morgan fingerprint density at radius 3 is 2.59 bits per heavy atom. The molecule has 0 bridgehead atoms. The quantitative estimate of drug-likeness (QED) is 0.741. The van der Waals surface area contributed by atoms with Gasteiger partial charge in [-0.2, -0.15) is 0 Å². The van der Waals surface area contributed by atoms with Gasteiger partial charge in [-0.05, 0) is 18.0 Å². The van der Waals surface area contributed by atoms with Crippen LogP contribution in [0.4, 0.5) is 0 Å². The van der Waals surface area contributed by atoms with E-state index in [0.29, 0.717) is 16.0 Å². The molecule has 0 spiro atoms. The smallest absolute Gasteiger partial charge is 0.282 e. The second-order valence-corrected chi connectivity index (χ2v) is 5.44. The summed E-state index contributed by atoms with van der Waals surface area (Å²) in [6.45, 7) is 2.90. The Morgan fingerprint density at radius 1 is 1.24 bits per heavy atom. The molecule has 0 unspecified atom stereocenters. The number of carbonyl (C=O) groups excluding carboxylic acids is 1. The maximum absolute atomic E-state index is 11.5. The van der Waals surface area contributed by atoms with Crippen molar-refractivity contribution in [2.24, 2.45) is 0 Å². The third-order valence-corrected chi connectivity index (χ3v) is 3.43. The number of halogens is 1. The van der Waals surface area contributed by atoms with Crippen LogP contribution in [0, 0.1) is 0 Å². The molecule has 1 aromatic rings. The average Bonchev–Trinajstić information content (AvgIpc) is 2.74. The predicted molar refractivity (Wildman–Crippen MR) is 70.6 cm³/mol. The molecule has 0 radical (unpaired) electrons. The van der Waals surface area contributed by atoms with E-state index >= 15 is 0 Å². The molecule has 1 rings (SSSR count). The summed E-state index contributed by atoms with van der Waals surface area (Å²) < 4.78 is 0.301. The van der Waals surface area contributed by atoms with E-state index in [1.54, 1.807) is 0 Å². The SMILES string of the molecule is CCCCCCCCNC(=O)c1nnc(Cl)s1. The van der Waals surface area contributed by atoms with Gasteiger partial charge in [0.05, 0.1) is 0 Å². The molecule has 17 heavy (non-hydrogen) atoms. The van der Waals surface area contributed by atoms with Crippen molar-refractivity contribution in [2.75, 3.05) is 6.54 Å². The zero-order valence-corrected chi connectivity index (χ0v) is 11.6. The van der Waals surface area contributed by atoms with E-state index in [0.717, 1.165) is 24.2 Å². The highest BCUT2D eigenvalue weighted by atomic mass is 35.5. The van der Waals surface area contributed by atoms with Crippen molar-refractivity contribution in [1.82, 2.24) is 15.5 Å². The van der Waals surface area contributed by atoms with Gasteiger partial charge in [-0.15, -0.1) is 10.2 Å². The first-order valence-corrected chi connectivity index (χ1v) is 7.20. The normalized spacial score (nSPS) is 10.5. The zero-order valence-electron chi connectivity index (χ0n) is 10.0. The highest BCUT2D eigenvalue weighted by molar-refractivity contribution is 7.17. The Bertz CT molecular complexity index is 343. The number of rotatable bonds is 8. The lowest BCUT2D eigenvalue weighted by Crippen LogP contribution is -2.24. The second-order valence-electron chi connectivity index (χ2n) is 3.88. The monoisotopic (exact) mass is 275 g/mol. The number of unbranched alkanes of at least 4 members (excludes halogenated alkanes) is 5. The minimum Gasteiger partial charge on any atom is -0.350 e. The summed E-state index contributed by atoms with van der Waals surface area (Å²) in [5.41, 5.74) is 0. The number of aromatic nitrogens is 2. The topological polar surface area (TPSA) is 54.9 Å². The molecule has 0 atom stereocenters. The highest BCUT2D eigenvalue weighted by Crippen LogP contribution is 2.14. The van der Waals surface area contributed by atoms with E-state index in [1.165, 1.54) is 25.7 Å². The highest BCUT2D eigenvalue weighted by Gasteiger charge is 2.10. The zero-order chi connectivity index (χ0) is 12.5. The van der Waals surface area contributed by atoms with E-state index in [9.17, 15) is 4.79 Å². The van der Waals surface area contributed by atoms with Gasteiger partial charge in [-0.25, -0.2) is 0 Å². The lowest BCUT2D eigenvalue weighted by molar-refractivity contribution is 0.0952. The first kappa shape index (κ1) is 14.4. The van der Waals surface area contributed by atoms with Crippen LogP contribution >= 0.6 is 22.9 Å². The van der Waals surface area contributed by atoms with Crippen molar-refractivity contribution >= 4 is 28.8 Å². The van der Waals surface area contributed by atoms with Crippen LogP contribution in [0.5, 0.6) is 0 Å². The second kappa shape index (κ2) is 8.42. The van der Waals surface area contributed by atoms with E-state index < -0.39 is 0 Å². The maximum atomic E-state index is 11.5. The Hall–Kier alpha value is -0.680. The van der Waals surface area contributed by atoms with Gasteiger partial charge in [0.2, 0.25) is 9.47 Å². The molecule has 4 nitrogen and oxygen atoms in total. The van der Waals surface area contributed by atoms with Gasteiger partial charge in [0.15, 0.2) is 0 Å². The van der Waals surface area contributed by atoms with Crippen molar-refractivity contribution in [3.63, 3.8) is 0 Å². The van der Waals surface area contributed by atoms with Gasteiger partial charge >= 0.3 is 0 Å². The molecule has 0 saturated carbocycles. The first-order chi connectivity index (χ1) is 8.24. The fraction of sp³-hybridized carbons (Fsp3) is 0.727. The van der Waals surface area contributed by atoms with Gasteiger partial charge in [0.25, 0.3) is 5.91 Å². The largest absolute Gasteiger partial charge is 0.350 e. The summed E-state index contributed by atoms with van der Waals surface area (Å²) in [5, 5.41) is 10.4. The fourth-order valence-corrected chi connectivity index (χ4v) is 2.22. The van der Waals surface area contributed by atoms with Crippen LogP contribution in [-0.4, -0.2) is 22.6 Å². The molecule has 96 valence electrons. The number of amides is 1. The third-order valence-electron chi connectivity index (χ3n) is 2.41. The Morgan fingerprint density at radius 2 is 1.94 bits per heavy atom. The number of hydrogen-bond acceptors (Lipinski definition) is 4. The van der Waals surface area contributed by atoms with Crippen molar-refractivity contribution < 1.29 is 4.79 Å². The lowest BCUT2D eigenvalue weighted by Gasteiger charge is -2.02. The Kier molecular flexibility index (Phi) is 7.12. The van der Waals surface area contributed by atoms with Crippen LogP contribution in [-0.2, 0) is 0 Å². The van der Waals surface area contributed by atoms with Gasteiger partial charge in [0, 0.05) is 6.54 Å². The van der Waals surface area contributed by atoms with Crippen LogP contribution in [0.3, 0.4) is 0 Å². The number of hydrogen-bond donors (Lipinski definition) is 1. The molecule has 0 aliphatic rings. The lowest BCUT2D eigenvalue weighted by atomic mass is 10.1. The molecule has 0 aromatic carbocycles. The number of nitrogens with one attached hydrogen (secondary N) is 1. The van der Waals surface area contributed by atoms with E-state index in [1.807, 2.05) is 0 Å². The van der Waals surface area contributed by atoms with Crippen LogP contribution < -0.4 is 5.32 Å². The van der Waals surface area contributed by atoms with Crippen LogP contribution in [0.15, 0.2) is 0 Å². The molecular weight excluding hydrogens is 258 g/mol. The van der Waals surface area contributed by atoms with Crippen molar-refractivity contribution in [3.8, 4) is 0 Å². The van der Waals surface area contributed by atoms with E-state index in [2.05, 4.69) is 22.4 Å². The maximum Gasteiger partial charge on any atom is 0.282 e. The summed E-state index contributed by atoms with van der Waals surface area (Å²) >= 11 is 6.70. The average molecular weight is 276 g/mol. The van der Waals surface area contributed by atoms with Gasteiger partial charge in [-0.3, -0.25) is 4.79 Å². The molecule has 0 saturated heterocycles. The number of carbonyl (C=O) groups is 1. The van der Waals surface area contributed by atoms with Crippen LogP contribution in [0.1, 0.15) is 55.3 Å². The molecule has 1 amide bonds. The van der Waals surface area contributed by atoms with Crippen molar-refractivity contribution in [1.29, 1.82) is 0 Å². The fourth-order valence-electron chi connectivity index (χ4n) is 1.48. The molecule has 1 N–H and O–H groups in total. The molecule has 6 heteroatoms. The molecule has 0 fully saturated rings. The van der Waals surface area contributed by atoms with E-state index in [4.69, 9.17) is 11.6 Å². The predicted octanol–water partition coefficient (Wildman–Crippen LogP) is 3.28. The van der Waals surface area contributed by atoms with E-state index in [-0.39, 0.29) is 5.91 Å².